The number of likely N-dealkylation sites (tertiary alicyclic amines) is 1. The highest BCUT2D eigenvalue weighted by atomic mass is 28.4. The topological polar surface area (TPSA) is 12.5 Å². The molecule has 0 aliphatic carbocycles. The number of hydrogen-bond donors (Lipinski definition) is 0. The molecule has 0 unspecified atom stereocenters. The average molecular weight is 312 g/mol. The van der Waals surface area contributed by atoms with E-state index >= 15 is 0 Å². The second-order valence-electron chi connectivity index (χ2n) is 9.01. The van der Waals surface area contributed by atoms with Crippen molar-refractivity contribution in [2.24, 2.45) is 0 Å². The van der Waals surface area contributed by atoms with Gasteiger partial charge in [0.2, 0.25) is 0 Å². The van der Waals surface area contributed by atoms with Crippen molar-refractivity contribution in [2.45, 2.75) is 96.6 Å². The van der Waals surface area contributed by atoms with Crippen LogP contribution in [0.2, 0.25) is 18.1 Å². The van der Waals surface area contributed by atoms with Crippen molar-refractivity contribution < 1.29 is 4.43 Å². The molecular weight excluding hydrogens is 274 g/mol. The van der Waals surface area contributed by atoms with Crippen molar-refractivity contribution in [3.05, 3.63) is 12.7 Å². The van der Waals surface area contributed by atoms with Crippen LogP contribution in [0.1, 0.15) is 60.8 Å². The molecule has 0 bridgehead atoms. The molecule has 0 aromatic carbocycles. The Morgan fingerprint density at radius 3 is 2.19 bits per heavy atom. The molecule has 0 spiro atoms. The predicted molar refractivity (Wildman–Crippen MR) is 96.4 cm³/mol. The van der Waals surface area contributed by atoms with Gasteiger partial charge in [0.1, 0.15) is 0 Å². The van der Waals surface area contributed by atoms with E-state index in [1.165, 1.54) is 19.4 Å². The van der Waals surface area contributed by atoms with Gasteiger partial charge in [-0.1, -0.05) is 26.8 Å². The minimum atomic E-state index is -1.71. The van der Waals surface area contributed by atoms with Gasteiger partial charge in [0.25, 0.3) is 0 Å². The fraction of sp³-hybridized carbons (Fsp3) is 0.889. The van der Waals surface area contributed by atoms with Crippen molar-refractivity contribution in [2.75, 3.05) is 6.54 Å². The summed E-state index contributed by atoms with van der Waals surface area (Å²) in [6.45, 7) is 23.8. The monoisotopic (exact) mass is 311 g/mol. The molecule has 0 aromatic heterocycles. The Bertz CT molecular complexity index is 351. The molecule has 0 radical (unpaired) electrons. The highest BCUT2D eigenvalue weighted by molar-refractivity contribution is 6.74. The molecule has 2 atom stereocenters. The molecule has 1 saturated heterocycles. The Hall–Kier alpha value is -0.123. The summed E-state index contributed by atoms with van der Waals surface area (Å²) in [5.41, 5.74) is 0.198. The van der Waals surface area contributed by atoms with Crippen LogP contribution in [-0.2, 0) is 4.43 Å². The molecule has 1 fully saturated rings. The van der Waals surface area contributed by atoms with Gasteiger partial charge < -0.3 is 4.43 Å². The first kappa shape index (κ1) is 18.9. The third kappa shape index (κ3) is 4.67. The summed E-state index contributed by atoms with van der Waals surface area (Å²) in [6.07, 6.45) is 5.88. The molecule has 0 amide bonds. The molecule has 1 heterocycles. The first-order chi connectivity index (χ1) is 9.40. The fourth-order valence-electron chi connectivity index (χ4n) is 3.00. The number of hydrogen-bond acceptors (Lipinski definition) is 2. The van der Waals surface area contributed by atoms with Gasteiger partial charge in [-0.15, -0.1) is 6.58 Å². The summed E-state index contributed by atoms with van der Waals surface area (Å²) in [7, 11) is -1.71. The smallest absolute Gasteiger partial charge is 0.192 e. The molecule has 0 N–H and O–H groups in total. The molecule has 3 heteroatoms. The molecule has 1 aliphatic heterocycles. The van der Waals surface area contributed by atoms with Gasteiger partial charge in [0.15, 0.2) is 8.32 Å². The van der Waals surface area contributed by atoms with Gasteiger partial charge in [0, 0.05) is 11.6 Å². The van der Waals surface area contributed by atoms with Gasteiger partial charge in [-0.3, -0.25) is 4.90 Å². The van der Waals surface area contributed by atoms with Crippen LogP contribution in [0.3, 0.4) is 0 Å². The maximum atomic E-state index is 6.78. The molecule has 21 heavy (non-hydrogen) atoms. The Labute approximate surface area is 134 Å². The number of rotatable bonds is 4. The fourth-order valence-corrected chi connectivity index (χ4v) is 4.38. The quantitative estimate of drug-likeness (QED) is 0.521. The summed E-state index contributed by atoms with van der Waals surface area (Å²) < 4.78 is 6.78. The first-order valence-electron chi connectivity index (χ1n) is 8.45. The normalized spacial score (nSPS) is 25.9. The Morgan fingerprint density at radius 1 is 1.19 bits per heavy atom. The van der Waals surface area contributed by atoms with Crippen LogP contribution in [0.5, 0.6) is 0 Å². The lowest BCUT2D eigenvalue weighted by molar-refractivity contribution is -0.0270. The Kier molecular flexibility index (Phi) is 5.91. The molecule has 1 rings (SSSR count). The molecule has 1 aliphatic rings. The van der Waals surface area contributed by atoms with Crippen molar-refractivity contribution >= 4 is 8.32 Å². The molecule has 2 nitrogen and oxygen atoms in total. The van der Waals surface area contributed by atoms with Gasteiger partial charge in [-0.25, -0.2) is 0 Å². The molecule has 0 saturated carbocycles. The predicted octanol–water partition coefficient (Wildman–Crippen LogP) is 5.22. The van der Waals surface area contributed by atoms with Gasteiger partial charge in [-0.2, -0.15) is 0 Å². The van der Waals surface area contributed by atoms with Crippen LogP contribution in [0.25, 0.3) is 0 Å². The van der Waals surface area contributed by atoms with E-state index in [1.54, 1.807) is 0 Å². The SMILES string of the molecule is C=CC[C@@H]1[C@@H](O[Si](C)(C)C(C)(C)C)CCCN1C(C)(C)C. The second-order valence-corrected chi connectivity index (χ2v) is 13.8. The van der Waals surface area contributed by atoms with Crippen molar-refractivity contribution in [1.29, 1.82) is 0 Å². The summed E-state index contributed by atoms with van der Waals surface area (Å²) in [6, 6.07) is 0.477. The summed E-state index contributed by atoms with van der Waals surface area (Å²) in [5, 5.41) is 0.274. The van der Waals surface area contributed by atoms with E-state index in [4.69, 9.17) is 4.43 Å². The Balaban J connectivity index is 2.96. The summed E-state index contributed by atoms with van der Waals surface area (Å²) in [4.78, 5) is 2.63. The summed E-state index contributed by atoms with van der Waals surface area (Å²) in [5.74, 6) is 0. The highest BCUT2D eigenvalue weighted by Crippen LogP contribution is 2.40. The lowest BCUT2D eigenvalue weighted by Gasteiger charge is -2.51. The molecule has 0 aromatic rings. The Morgan fingerprint density at radius 2 is 1.76 bits per heavy atom. The minimum absolute atomic E-state index is 0.198. The molecular formula is C18H37NOSi. The third-order valence-corrected chi connectivity index (χ3v) is 9.74. The lowest BCUT2D eigenvalue weighted by Crippen LogP contribution is -2.59. The number of nitrogens with zero attached hydrogens (tertiary/aromatic N) is 1. The van der Waals surface area contributed by atoms with E-state index in [1.807, 2.05) is 0 Å². The van der Waals surface area contributed by atoms with Crippen molar-refractivity contribution in [3.63, 3.8) is 0 Å². The average Bonchev–Trinajstić information content (AvgIpc) is 2.28. The highest BCUT2D eigenvalue weighted by Gasteiger charge is 2.44. The lowest BCUT2D eigenvalue weighted by atomic mass is 9.91. The zero-order chi connectivity index (χ0) is 16.5. The van der Waals surface area contributed by atoms with Crippen LogP contribution < -0.4 is 0 Å². The van der Waals surface area contributed by atoms with E-state index in [2.05, 4.69) is 72.2 Å². The van der Waals surface area contributed by atoms with Crippen molar-refractivity contribution in [3.8, 4) is 0 Å². The van der Waals surface area contributed by atoms with Gasteiger partial charge in [0.05, 0.1) is 6.10 Å². The van der Waals surface area contributed by atoms with E-state index < -0.39 is 8.32 Å². The summed E-state index contributed by atoms with van der Waals surface area (Å²) >= 11 is 0. The standard InChI is InChI=1S/C18H37NOSi/c1-10-12-15-16(20-21(8,9)18(5,6)7)13-11-14-19(15)17(2,3)4/h10,15-16H,1,11-14H2,2-9H3/t15-,16+/m1/s1. The zero-order valence-corrected chi connectivity index (χ0v) is 16.6. The van der Waals surface area contributed by atoms with Crippen LogP contribution in [0, 0.1) is 0 Å². The van der Waals surface area contributed by atoms with E-state index in [9.17, 15) is 0 Å². The third-order valence-electron chi connectivity index (χ3n) is 5.24. The molecule has 124 valence electrons. The van der Waals surface area contributed by atoms with Crippen LogP contribution in [0.15, 0.2) is 12.7 Å². The maximum Gasteiger partial charge on any atom is 0.192 e. The van der Waals surface area contributed by atoms with Crippen LogP contribution in [-0.4, -0.2) is 37.4 Å². The van der Waals surface area contributed by atoms with E-state index in [0.29, 0.717) is 12.1 Å². The number of piperidine rings is 1. The zero-order valence-electron chi connectivity index (χ0n) is 15.6. The van der Waals surface area contributed by atoms with Crippen LogP contribution in [0.4, 0.5) is 0 Å². The van der Waals surface area contributed by atoms with E-state index in [0.717, 1.165) is 6.42 Å². The van der Waals surface area contributed by atoms with E-state index in [-0.39, 0.29) is 10.6 Å². The van der Waals surface area contributed by atoms with Gasteiger partial charge in [-0.05, 0) is 64.7 Å². The first-order valence-corrected chi connectivity index (χ1v) is 11.4. The van der Waals surface area contributed by atoms with Crippen molar-refractivity contribution in [1.82, 2.24) is 4.90 Å². The second kappa shape index (κ2) is 6.55. The van der Waals surface area contributed by atoms with Gasteiger partial charge >= 0.3 is 0 Å². The largest absolute Gasteiger partial charge is 0.412 e. The maximum absolute atomic E-state index is 6.78. The van der Waals surface area contributed by atoms with Crippen LogP contribution >= 0.6 is 0 Å². The minimum Gasteiger partial charge on any atom is -0.412 e.